The topological polar surface area (TPSA) is 68.2 Å². The number of ether oxygens (including phenoxy) is 3. The molecule has 2 aliphatic heterocycles. The number of methoxy groups -OCH3 is 1. The Balaban J connectivity index is 0.000000318. The van der Waals surface area contributed by atoms with Crippen LogP contribution in [-0.4, -0.2) is 67.3 Å². The smallest absolute Gasteiger partial charge is 0.490 e. The number of fused-ring (bicyclic) bond motifs is 1. The summed E-state index contributed by atoms with van der Waals surface area (Å²) in [5.74, 6) is -0.955. The van der Waals surface area contributed by atoms with Crippen LogP contribution in [0.2, 0.25) is 0 Å². The van der Waals surface area contributed by atoms with E-state index in [9.17, 15) is 13.2 Å². The first-order valence-electron chi connectivity index (χ1n) is 10.2. The third kappa shape index (κ3) is 6.09. The number of hydrogen-bond acceptors (Lipinski definition) is 5. The Morgan fingerprint density at radius 2 is 1.93 bits per heavy atom. The van der Waals surface area contributed by atoms with Crippen LogP contribution in [0.5, 0.6) is 5.75 Å². The van der Waals surface area contributed by atoms with Gasteiger partial charge in [0.05, 0.1) is 19.3 Å². The van der Waals surface area contributed by atoms with Crippen LogP contribution in [0.25, 0.3) is 0 Å². The zero-order valence-corrected chi connectivity index (χ0v) is 16.9. The molecule has 1 aromatic rings. The predicted octanol–water partition coefficient (Wildman–Crippen LogP) is 3.49. The van der Waals surface area contributed by atoms with Gasteiger partial charge < -0.3 is 19.3 Å². The number of benzene rings is 1. The minimum absolute atomic E-state index is 0.247. The highest BCUT2D eigenvalue weighted by atomic mass is 19.4. The largest absolute Gasteiger partial charge is 0.496 e. The maximum absolute atomic E-state index is 10.6. The average Bonchev–Trinajstić information content (AvgIpc) is 3.40. The second kappa shape index (κ2) is 9.98. The summed E-state index contributed by atoms with van der Waals surface area (Å²) in [6, 6.07) is 8.81. The summed E-state index contributed by atoms with van der Waals surface area (Å²) in [6.45, 7) is 3.81. The molecule has 0 spiro atoms. The van der Waals surface area contributed by atoms with Crippen LogP contribution in [0.4, 0.5) is 13.2 Å². The molecular weight excluding hydrogens is 403 g/mol. The quantitative estimate of drug-likeness (QED) is 0.744. The lowest BCUT2D eigenvalue weighted by molar-refractivity contribution is -0.192. The second-order valence-corrected chi connectivity index (χ2v) is 7.88. The van der Waals surface area contributed by atoms with E-state index in [0.29, 0.717) is 6.04 Å². The van der Waals surface area contributed by atoms with Gasteiger partial charge in [-0.2, -0.15) is 13.2 Å². The van der Waals surface area contributed by atoms with Gasteiger partial charge in [-0.05, 0) is 37.7 Å². The highest BCUT2D eigenvalue weighted by molar-refractivity contribution is 5.73. The number of nitrogens with zero attached hydrogens (tertiary/aromatic N) is 1. The lowest BCUT2D eigenvalue weighted by Crippen LogP contribution is -2.53. The van der Waals surface area contributed by atoms with Crippen LogP contribution >= 0.6 is 0 Å². The zero-order chi connectivity index (χ0) is 21.7. The van der Waals surface area contributed by atoms with Crippen molar-refractivity contribution in [1.29, 1.82) is 0 Å². The van der Waals surface area contributed by atoms with E-state index in [1.54, 1.807) is 7.11 Å². The predicted molar refractivity (Wildman–Crippen MR) is 102 cm³/mol. The maximum Gasteiger partial charge on any atom is 0.490 e. The van der Waals surface area contributed by atoms with Gasteiger partial charge in [0.2, 0.25) is 0 Å². The fourth-order valence-corrected chi connectivity index (χ4v) is 3.94. The monoisotopic (exact) mass is 431 g/mol. The summed E-state index contributed by atoms with van der Waals surface area (Å²) in [6.07, 6.45) is 0.337. The molecule has 1 saturated carbocycles. The standard InChI is InChI=1S/C19H27NO3.C2HF3O2/c1-21-17-5-3-2-4-15(17)12-20-10-8-18(23-13-14-6-7-14)19-16(20)9-11-22-19;3-2(4,5)1(6)7/h2-5,14,16,18-19H,6-13H2,1H3;(H,6,7)/t16-,18+,19-;/m0./s1. The fourth-order valence-electron chi connectivity index (χ4n) is 3.94. The van der Waals surface area contributed by atoms with E-state index in [4.69, 9.17) is 24.1 Å². The van der Waals surface area contributed by atoms with Gasteiger partial charge in [0.1, 0.15) is 5.75 Å². The summed E-state index contributed by atoms with van der Waals surface area (Å²) in [4.78, 5) is 11.5. The van der Waals surface area contributed by atoms with Gasteiger partial charge >= 0.3 is 12.1 Å². The van der Waals surface area contributed by atoms with Crippen molar-refractivity contribution in [2.24, 2.45) is 5.92 Å². The number of hydrogen-bond donors (Lipinski definition) is 1. The van der Waals surface area contributed by atoms with Crippen LogP contribution in [0, 0.1) is 5.92 Å². The molecule has 0 aromatic heterocycles. The summed E-state index contributed by atoms with van der Waals surface area (Å²) in [7, 11) is 1.75. The number of aliphatic carboxylic acids is 1. The van der Waals surface area contributed by atoms with Crippen LogP contribution in [-0.2, 0) is 20.8 Å². The molecule has 4 rings (SSSR count). The van der Waals surface area contributed by atoms with Gasteiger partial charge in [-0.1, -0.05) is 18.2 Å². The first-order chi connectivity index (χ1) is 14.3. The Bertz CT molecular complexity index is 710. The molecular formula is C21H28F3NO5. The molecule has 1 N–H and O–H groups in total. The normalized spacial score (nSPS) is 26.5. The molecule has 168 valence electrons. The van der Waals surface area contributed by atoms with E-state index in [-0.39, 0.29) is 12.2 Å². The molecule has 1 aliphatic carbocycles. The zero-order valence-electron chi connectivity index (χ0n) is 16.9. The molecule has 0 unspecified atom stereocenters. The number of halogens is 3. The number of alkyl halides is 3. The molecule has 3 fully saturated rings. The highest BCUT2D eigenvalue weighted by Gasteiger charge is 2.43. The minimum atomic E-state index is -5.08. The van der Waals surface area contributed by atoms with Crippen LogP contribution in [0.15, 0.2) is 24.3 Å². The van der Waals surface area contributed by atoms with E-state index in [0.717, 1.165) is 50.8 Å². The third-order valence-corrected chi connectivity index (χ3v) is 5.69. The van der Waals surface area contributed by atoms with Crippen LogP contribution < -0.4 is 4.74 Å². The number of rotatable bonds is 6. The van der Waals surface area contributed by atoms with Gasteiger partial charge in [0.15, 0.2) is 0 Å². The molecule has 6 nitrogen and oxygen atoms in total. The first-order valence-corrected chi connectivity index (χ1v) is 10.2. The number of carboxylic acid groups (broad SMARTS) is 1. The number of likely N-dealkylation sites (tertiary alicyclic amines) is 1. The van der Waals surface area contributed by atoms with Crippen molar-refractivity contribution in [2.75, 3.05) is 26.9 Å². The molecule has 2 heterocycles. The summed E-state index contributed by atoms with van der Waals surface area (Å²) in [5, 5.41) is 7.12. The summed E-state index contributed by atoms with van der Waals surface area (Å²) >= 11 is 0. The van der Waals surface area contributed by atoms with E-state index < -0.39 is 12.1 Å². The Kier molecular flexibility index (Phi) is 7.60. The van der Waals surface area contributed by atoms with Crippen molar-refractivity contribution in [1.82, 2.24) is 4.90 Å². The Labute approximate surface area is 173 Å². The average molecular weight is 431 g/mol. The minimum Gasteiger partial charge on any atom is -0.496 e. The lowest BCUT2D eigenvalue weighted by Gasteiger charge is -2.41. The first kappa shape index (κ1) is 22.8. The van der Waals surface area contributed by atoms with Crippen LogP contribution in [0.3, 0.4) is 0 Å². The molecule has 0 radical (unpaired) electrons. The summed E-state index contributed by atoms with van der Waals surface area (Å²) < 4.78 is 49.5. The SMILES string of the molecule is COc1ccccc1CN1CC[C@@H](OCC2CC2)[C@H]2OCC[C@@H]21.O=C(O)C(F)(F)F. The van der Waals surface area contributed by atoms with Crippen molar-refractivity contribution in [2.45, 2.75) is 56.7 Å². The maximum atomic E-state index is 10.6. The van der Waals surface area contributed by atoms with Gasteiger partial charge in [-0.3, -0.25) is 4.90 Å². The van der Waals surface area contributed by atoms with Gasteiger partial charge in [-0.25, -0.2) is 4.79 Å². The van der Waals surface area contributed by atoms with Crippen molar-refractivity contribution in [3.8, 4) is 5.75 Å². The molecule has 3 aliphatic rings. The van der Waals surface area contributed by atoms with Crippen LogP contribution in [0.1, 0.15) is 31.2 Å². The van der Waals surface area contributed by atoms with Crippen molar-refractivity contribution < 1.29 is 37.3 Å². The summed E-state index contributed by atoms with van der Waals surface area (Å²) in [5.41, 5.74) is 1.26. The number of carbonyl (C=O) groups is 1. The molecule has 30 heavy (non-hydrogen) atoms. The number of piperidine rings is 1. The third-order valence-electron chi connectivity index (χ3n) is 5.69. The van der Waals surface area contributed by atoms with Gasteiger partial charge in [-0.15, -0.1) is 0 Å². The molecule has 1 aromatic carbocycles. The number of para-hydroxylation sites is 1. The molecule has 2 saturated heterocycles. The molecule has 0 bridgehead atoms. The van der Waals surface area contributed by atoms with Crippen molar-refractivity contribution in [3.05, 3.63) is 29.8 Å². The molecule has 0 amide bonds. The Morgan fingerprint density at radius 1 is 1.23 bits per heavy atom. The highest BCUT2D eigenvalue weighted by Crippen LogP contribution is 2.35. The van der Waals surface area contributed by atoms with Gasteiger partial charge in [0.25, 0.3) is 0 Å². The van der Waals surface area contributed by atoms with E-state index in [1.165, 1.54) is 18.4 Å². The fraction of sp³-hybridized carbons (Fsp3) is 0.667. The Morgan fingerprint density at radius 3 is 2.57 bits per heavy atom. The van der Waals surface area contributed by atoms with E-state index >= 15 is 0 Å². The molecule has 9 heteroatoms. The number of carboxylic acids is 1. The van der Waals surface area contributed by atoms with Crippen molar-refractivity contribution in [3.63, 3.8) is 0 Å². The lowest BCUT2D eigenvalue weighted by atomic mass is 9.95. The second-order valence-electron chi connectivity index (χ2n) is 7.88. The van der Waals surface area contributed by atoms with Gasteiger partial charge in [0, 0.05) is 37.9 Å². The van der Waals surface area contributed by atoms with E-state index in [1.807, 2.05) is 12.1 Å². The van der Waals surface area contributed by atoms with E-state index in [2.05, 4.69) is 17.0 Å². The molecule has 3 atom stereocenters. The van der Waals surface area contributed by atoms with Crippen molar-refractivity contribution >= 4 is 5.97 Å². The Hall–Kier alpha value is -1.84.